The summed E-state index contributed by atoms with van der Waals surface area (Å²) in [6.07, 6.45) is -5.15. The number of hydrogen-bond acceptors (Lipinski definition) is 4. The van der Waals surface area contributed by atoms with Crippen molar-refractivity contribution in [3.8, 4) is 22.8 Å². The number of fused-ring (bicyclic) bond motifs is 1. The molecule has 0 atom stereocenters. The van der Waals surface area contributed by atoms with Gasteiger partial charge in [0.25, 0.3) is 0 Å². The van der Waals surface area contributed by atoms with Crippen LogP contribution in [0, 0.1) is 0 Å². The maximum Gasteiger partial charge on any atom is 0.491 e. The molecular formula is C27H26F3N3O2. The Bertz CT molecular complexity index is 1380. The average Bonchev–Trinajstić information content (AvgIpc) is 3.15. The van der Waals surface area contributed by atoms with E-state index in [1.54, 1.807) is 30.3 Å². The lowest BCUT2D eigenvalue weighted by Gasteiger charge is -2.21. The van der Waals surface area contributed by atoms with Crippen LogP contribution in [0.4, 0.5) is 18.9 Å². The monoisotopic (exact) mass is 481 g/mol. The average molecular weight is 482 g/mol. The van der Waals surface area contributed by atoms with Crippen LogP contribution in [-0.4, -0.2) is 35.8 Å². The van der Waals surface area contributed by atoms with E-state index in [9.17, 15) is 18.0 Å². The molecule has 5 nitrogen and oxygen atoms in total. The summed E-state index contributed by atoms with van der Waals surface area (Å²) in [5.41, 5.74) is 4.77. The summed E-state index contributed by atoms with van der Waals surface area (Å²) in [4.78, 5) is 18.1. The summed E-state index contributed by atoms with van der Waals surface area (Å²) in [7, 11) is 3.87. The highest BCUT2D eigenvalue weighted by molar-refractivity contribution is 5.96. The molecule has 0 radical (unpaired) electrons. The maximum atomic E-state index is 13.1. The molecule has 0 amide bonds. The van der Waals surface area contributed by atoms with Crippen LogP contribution in [0.15, 0.2) is 66.7 Å². The second-order valence-corrected chi connectivity index (χ2v) is 9.54. The van der Waals surface area contributed by atoms with E-state index in [1.165, 1.54) is 4.57 Å². The number of anilines is 1. The van der Waals surface area contributed by atoms with E-state index in [2.05, 4.69) is 4.98 Å². The van der Waals surface area contributed by atoms with Crippen molar-refractivity contribution in [2.75, 3.05) is 19.0 Å². The molecule has 4 aromatic rings. The summed E-state index contributed by atoms with van der Waals surface area (Å²) >= 11 is 0. The first kappa shape index (κ1) is 24.3. The summed E-state index contributed by atoms with van der Waals surface area (Å²) in [6.45, 7) is 6.15. The van der Waals surface area contributed by atoms with E-state index in [0.29, 0.717) is 16.7 Å². The second kappa shape index (κ2) is 8.76. The zero-order chi connectivity index (χ0) is 25.5. The molecular weight excluding hydrogens is 455 g/mol. The quantitative estimate of drug-likeness (QED) is 0.311. The van der Waals surface area contributed by atoms with Crippen LogP contribution in [0.2, 0.25) is 0 Å². The van der Waals surface area contributed by atoms with Crippen LogP contribution < -0.4 is 9.64 Å². The van der Waals surface area contributed by atoms with Gasteiger partial charge in [0.05, 0.1) is 16.7 Å². The van der Waals surface area contributed by atoms with Gasteiger partial charge in [0.2, 0.25) is 0 Å². The number of aromatic nitrogens is 2. The van der Waals surface area contributed by atoms with Crippen LogP contribution >= 0.6 is 0 Å². The number of carbonyl (C=O) groups excluding carboxylic acids is 1. The Kier molecular flexibility index (Phi) is 6.09. The molecule has 0 bridgehead atoms. The molecule has 0 aliphatic rings. The predicted octanol–water partition coefficient (Wildman–Crippen LogP) is 6.52. The number of alkyl halides is 3. The highest BCUT2D eigenvalue weighted by Crippen LogP contribution is 2.39. The molecule has 8 heteroatoms. The van der Waals surface area contributed by atoms with Gasteiger partial charge in [0.1, 0.15) is 0 Å². The number of ether oxygens (including phenoxy) is 1. The molecule has 1 aromatic heterocycles. The predicted molar refractivity (Wildman–Crippen MR) is 131 cm³/mol. The Hall–Kier alpha value is -3.81. The van der Waals surface area contributed by atoms with Crippen LogP contribution in [0.5, 0.6) is 6.01 Å². The van der Waals surface area contributed by atoms with Gasteiger partial charge in [-0.2, -0.15) is 18.2 Å². The van der Waals surface area contributed by atoms with Crippen molar-refractivity contribution in [2.24, 2.45) is 0 Å². The molecule has 1 heterocycles. The van der Waals surface area contributed by atoms with Gasteiger partial charge in [-0.15, -0.1) is 0 Å². The fourth-order valence-electron chi connectivity index (χ4n) is 3.82. The lowest BCUT2D eigenvalue weighted by Crippen LogP contribution is -2.29. The van der Waals surface area contributed by atoms with Gasteiger partial charge in [0.15, 0.2) is 0 Å². The molecule has 0 N–H and O–H groups in total. The van der Waals surface area contributed by atoms with Gasteiger partial charge in [-0.3, -0.25) is 4.57 Å². The minimum atomic E-state index is -5.15. The number of hydrogen-bond donors (Lipinski definition) is 0. The molecule has 0 aliphatic heterocycles. The topological polar surface area (TPSA) is 47.4 Å². The largest absolute Gasteiger partial charge is 0.491 e. The number of benzene rings is 3. The van der Waals surface area contributed by atoms with Crippen molar-refractivity contribution < 1.29 is 22.7 Å². The standard InChI is InChI=1S/C27H26F3N3O2/c1-26(2,3)18-15-21(17-10-9-13-20(14-17)32(4)5)23-22(16-18)31-25(35-24(34)27(28,29)30)33(23)19-11-7-6-8-12-19/h6-16H,1-5H3. The number of nitrogens with zero attached hydrogens (tertiary/aromatic N) is 3. The number of esters is 1. The highest BCUT2D eigenvalue weighted by Gasteiger charge is 2.42. The van der Waals surface area contributed by atoms with Crippen molar-refractivity contribution in [2.45, 2.75) is 32.4 Å². The minimum absolute atomic E-state index is 0.262. The lowest BCUT2D eigenvalue weighted by atomic mass is 9.84. The Balaban J connectivity index is 2.09. The van der Waals surface area contributed by atoms with Crippen LogP contribution in [0.3, 0.4) is 0 Å². The zero-order valence-electron chi connectivity index (χ0n) is 20.1. The number of carbonyl (C=O) groups is 1. The Morgan fingerprint density at radius 1 is 0.943 bits per heavy atom. The maximum absolute atomic E-state index is 13.1. The number of imidazole rings is 1. The fraction of sp³-hybridized carbons (Fsp3) is 0.259. The highest BCUT2D eigenvalue weighted by atomic mass is 19.4. The second-order valence-electron chi connectivity index (χ2n) is 9.54. The SMILES string of the molecule is CN(C)c1cccc(-c2cc(C(C)(C)C)cc3nc(OC(=O)C(F)(F)F)n(-c4ccccc4)c23)c1. The van der Waals surface area contributed by atoms with E-state index >= 15 is 0 Å². The van der Waals surface area contributed by atoms with Crippen LogP contribution in [0.1, 0.15) is 26.3 Å². The summed E-state index contributed by atoms with van der Waals surface area (Å²) in [5, 5.41) is 0. The van der Waals surface area contributed by atoms with Gasteiger partial charge in [-0.05, 0) is 52.9 Å². The molecule has 35 heavy (non-hydrogen) atoms. The van der Waals surface area contributed by atoms with Crippen molar-refractivity contribution in [1.82, 2.24) is 9.55 Å². The molecule has 4 rings (SSSR count). The first-order valence-corrected chi connectivity index (χ1v) is 11.1. The van der Waals surface area contributed by atoms with E-state index in [0.717, 1.165) is 22.4 Å². The van der Waals surface area contributed by atoms with Crippen LogP contribution in [0.25, 0.3) is 27.8 Å². The van der Waals surface area contributed by atoms with Crippen molar-refractivity contribution in [3.63, 3.8) is 0 Å². The van der Waals surface area contributed by atoms with Gasteiger partial charge < -0.3 is 9.64 Å². The normalized spacial score (nSPS) is 12.1. The molecule has 0 saturated heterocycles. The third-order valence-electron chi connectivity index (χ3n) is 5.69. The number of rotatable bonds is 4. The summed E-state index contributed by atoms with van der Waals surface area (Å²) in [5.74, 6) is -2.32. The van der Waals surface area contributed by atoms with Crippen molar-refractivity contribution >= 4 is 22.7 Å². The molecule has 0 aliphatic carbocycles. The van der Waals surface area contributed by atoms with E-state index in [1.807, 2.05) is 76.2 Å². The van der Waals surface area contributed by atoms with Gasteiger partial charge >= 0.3 is 18.2 Å². The van der Waals surface area contributed by atoms with E-state index in [4.69, 9.17) is 4.74 Å². The van der Waals surface area contributed by atoms with Gasteiger partial charge in [-0.1, -0.05) is 51.1 Å². The Labute approximate surface area is 201 Å². The van der Waals surface area contributed by atoms with E-state index < -0.39 is 18.2 Å². The van der Waals surface area contributed by atoms with Gasteiger partial charge in [0, 0.05) is 25.3 Å². The first-order valence-electron chi connectivity index (χ1n) is 11.1. The summed E-state index contributed by atoms with van der Waals surface area (Å²) < 4.78 is 45.5. The van der Waals surface area contributed by atoms with E-state index in [-0.39, 0.29) is 5.41 Å². The molecule has 182 valence electrons. The molecule has 0 fully saturated rings. The molecule has 0 unspecified atom stereocenters. The van der Waals surface area contributed by atoms with Crippen LogP contribution in [-0.2, 0) is 10.2 Å². The number of halogens is 3. The Morgan fingerprint density at radius 2 is 1.63 bits per heavy atom. The number of para-hydroxylation sites is 1. The molecule has 0 spiro atoms. The smallest absolute Gasteiger partial charge is 0.385 e. The van der Waals surface area contributed by atoms with Gasteiger partial charge in [-0.25, -0.2) is 4.79 Å². The third kappa shape index (κ3) is 4.87. The first-order chi connectivity index (χ1) is 16.4. The minimum Gasteiger partial charge on any atom is -0.385 e. The Morgan fingerprint density at radius 3 is 2.23 bits per heavy atom. The lowest BCUT2D eigenvalue weighted by molar-refractivity contribution is -0.190. The fourth-order valence-corrected chi connectivity index (χ4v) is 3.82. The summed E-state index contributed by atoms with van der Waals surface area (Å²) in [6, 6.07) is 20.0. The molecule has 3 aromatic carbocycles. The third-order valence-corrected chi connectivity index (χ3v) is 5.69. The zero-order valence-corrected chi connectivity index (χ0v) is 20.1. The van der Waals surface area contributed by atoms with Crippen molar-refractivity contribution in [1.29, 1.82) is 0 Å². The molecule has 0 saturated carbocycles. The van der Waals surface area contributed by atoms with Crippen molar-refractivity contribution in [3.05, 3.63) is 72.3 Å².